The molecule has 1 unspecified atom stereocenters. The number of carbonyl (C=O) groups is 1. The second-order valence-electron chi connectivity index (χ2n) is 3.91. The van der Waals surface area contributed by atoms with Crippen LogP contribution >= 0.6 is 23.1 Å². The highest BCUT2D eigenvalue weighted by Crippen LogP contribution is 2.26. The van der Waals surface area contributed by atoms with Crippen molar-refractivity contribution in [1.82, 2.24) is 4.72 Å². The van der Waals surface area contributed by atoms with E-state index in [2.05, 4.69) is 4.72 Å². The number of carboxylic acid groups (broad SMARTS) is 1. The Bertz CT molecular complexity index is 531. The number of sulfonamides is 1. The summed E-state index contributed by atoms with van der Waals surface area (Å²) < 4.78 is 26.4. The van der Waals surface area contributed by atoms with Crippen LogP contribution in [0.1, 0.15) is 22.5 Å². The van der Waals surface area contributed by atoms with Gasteiger partial charge >= 0.3 is 5.97 Å². The first kappa shape index (κ1) is 13.9. The number of hydrogen-bond acceptors (Lipinski definition) is 5. The van der Waals surface area contributed by atoms with Crippen LogP contribution in [0.25, 0.3) is 0 Å². The third-order valence-electron chi connectivity index (χ3n) is 2.58. The molecule has 0 bridgehead atoms. The molecular weight excluding hydrogens is 294 g/mol. The number of carboxylic acids is 1. The molecule has 2 rings (SSSR count). The van der Waals surface area contributed by atoms with Crippen LogP contribution in [0.3, 0.4) is 0 Å². The molecule has 1 aromatic heterocycles. The van der Waals surface area contributed by atoms with E-state index in [-0.39, 0.29) is 9.09 Å². The van der Waals surface area contributed by atoms with Crippen molar-refractivity contribution in [2.45, 2.75) is 22.3 Å². The van der Waals surface area contributed by atoms with Crippen LogP contribution in [0.2, 0.25) is 0 Å². The van der Waals surface area contributed by atoms with Crippen molar-refractivity contribution in [2.75, 3.05) is 12.3 Å². The fourth-order valence-corrected chi connectivity index (χ4v) is 5.24. The van der Waals surface area contributed by atoms with Crippen LogP contribution in [-0.4, -0.2) is 37.0 Å². The van der Waals surface area contributed by atoms with Gasteiger partial charge in [-0.05, 0) is 30.7 Å². The highest BCUT2D eigenvalue weighted by Gasteiger charge is 2.22. The predicted molar refractivity (Wildman–Crippen MR) is 71.9 cm³/mol. The summed E-state index contributed by atoms with van der Waals surface area (Å²) in [7, 11) is -3.57. The number of hydrogen-bond donors (Lipinski definition) is 2. The summed E-state index contributed by atoms with van der Waals surface area (Å²) in [6.45, 7) is 0.410. The van der Waals surface area contributed by atoms with E-state index < -0.39 is 16.0 Å². The monoisotopic (exact) mass is 307 g/mol. The summed E-state index contributed by atoms with van der Waals surface area (Å²) in [5.41, 5.74) is 0. The molecule has 1 aromatic rings. The second kappa shape index (κ2) is 5.60. The van der Waals surface area contributed by atoms with Gasteiger partial charge in [0.05, 0.1) is 0 Å². The molecule has 1 saturated heterocycles. The number of nitrogens with one attached hydrogen (secondary N) is 1. The van der Waals surface area contributed by atoms with Gasteiger partial charge in [0.2, 0.25) is 10.0 Å². The summed E-state index contributed by atoms with van der Waals surface area (Å²) in [5.74, 6) is -0.0260. The minimum Gasteiger partial charge on any atom is -0.477 e. The summed E-state index contributed by atoms with van der Waals surface area (Å²) >= 11 is 2.54. The third-order valence-corrected chi connectivity index (χ3v) is 6.97. The van der Waals surface area contributed by atoms with Gasteiger partial charge in [-0.15, -0.1) is 11.3 Å². The first-order valence-electron chi connectivity index (χ1n) is 5.43. The summed E-state index contributed by atoms with van der Waals surface area (Å²) in [6.07, 6.45) is 2.15. The Hall–Kier alpha value is -0.570. The summed E-state index contributed by atoms with van der Waals surface area (Å²) in [5, 5.41) is 9.09. The van der Waals surface area contributed by atoms with Gasteiger partial charge in [-0.2, -0.15) is 11.8 Å². The molecule has 0 spiro atoms. The topological polar surface area (TPSA) is 83.5 Å². The van der Waals surface area contributed by atoms with Crippen LogP contribution in [0.4, 0.5) is 0 Å². The van der Waals surface area contributed by atoms with Crippen molar-refractivity contribution in [1.29, 1.82) is 0 Å². The van der Waals surface area contributed by atoms with E-state index in [4.69, 9.17) is 5.11 Å². The molecule has 0 radical (unpaired) electrons. The molecule has 0 aliphatic carbocycles. The van der Waals surface area contributed by atoms with Crippen molar-refractivity contribution < 1.29 is 18.3 Å². The van der Waals surface area contributed by atoms with Crippen molar-refractivity contribution in [2.24, 2.45) is 0 Å². The van der Waals surface area contributed by atoms with Gasteiger partial charge in [0.25, 0.3) is 0 Å². The molecular formula is C10H13NO4S3. The van der Waals surface area contributed by atoms with Gasteiger partial charge in [0.1, 0.15) is 9.09 Å². The first-order valence-corrected chi connectivity index (χ1v) is 8.78. The maximum Gasteiger partial charge on any atom is 0.345 e. The van der Waals surface area contributed by atoms with E-state index in [0.29, 0.717) is 11.8 Å². The minimum atomic E-state index is -3.57. The number of rotatable bonds is 5. The van der Waals surface area contributed by atoms with Gasteiger partial charge in [-0.1, -0.05) is 0 Å². The van der Waals surface area contributed by atoms with Crippen LogP contribution in [0, 0.1) is 0 Å². The Morgan fingerprint density at radius 3 is 2.83 bits per heavy atom. The van der Waals surface area contributed by atoms with Gasteiger partial charge in [0, 0.05) is 11.8 Å². The molecule has 2 N–H and O–H groups in total. The Morgan fingerprint density at radius 1 is 1.50 bits per heavy atom. The van der Waals surface area contributed by atoms with Gasteiger partial charge < -0.3 is 5.11 Å². The molecule has 100 valence electrons. The molecule has 1 atom stereocenters. The zero-order valence-electron chi connectivity index (χ0n) is 9.46. The van der Waals surface area contributed by atoms with Crippen LogP contribution in [0.5, 0.6) is 0 Å². The van der Waals surface area contributed by atoms with E-state index in [0.717, 1.165) is 29.9 Å². The Balaban J connectivity index is 2.02. The zero-order valence-corrected chi connectivity index (χ0v) is 11.9. The Morgan fingerprint density at radius 2 is 2.28 bits per heavy atom. The quantitative estimate of drug-likeness (QED) is 0.863. The molecule has 2 heterocycles. The molecule has 8 heteroatoms. The fourth-order valence-electron chi connectivity index (χ4n) is 1.66. The zero-order chi connectivity index (χ0) is 13.2. The lowest BCUT2D eigenvalue weighted by Crippen LogP contribution is -2.29. The van der Waals surface area contributed by atoms with Crippen LogP contribution in [0.15, 0.2) is 16.3 Å². The standard InChI is InChI=1S/C10H13NO4S3/c12-10(13)8-3-4-9(17-8)18(14,15)11-6-7-2-1-5-16-7/h3-4,7,11H,1-2,5-6H2,(H,12,13). The molecule has 18 heavy (non-hydrogen) atoms. The van der Waals surface area contributed by atoms with E-state index >= 15 is 0 Å². The summed E-state index contributed by atoms with van der Waals surface area (Å²) in [4.78, 5) is 10.7. The van der Waals surface area contributed by atoms with E-state index in [1.165, 1.54) is 12.1 Å². The van der Waals surface area contributed by atoms with Gasteiger partial charge in [-0.25, -0.2) is 17.9 Å². The molecule has 0 saturated carbocycles. The molecule has 1 aliphatic rings. The third kappa shape index (κ3) is 3.25. The van der Waals surface area contributed by atoms with Crippen molar-refractivity contribution >= 4 is 39.1 Å². The van der Waals surface area contributed by atoms with Crippen LogP contribution in [-0.2, 0) is 10.0 Å². The summed E-state index contributed by atoms with van der Waals surface area (Å²) in [6, 6.07) is 2.64. The predicted octanol–water partition coefficient (Wildman–Crippen LogP) is 1.62. The molecule has 5 nitrogen and oxygen atoms in total. The largest absolute Gasteiger partial charge is 0.477 e. The Labute approximate surface area is 114 Å². The van der Waals surface area contributed by atoms with Gasteiger partial charge in [0.15, 0.2) is 0 Å². The van der Waals surface area contributed by atoms with E-state index in [1.807, 2.05) is 0 Å². The van der Waals surface area contributed by atoms with E-state index in [1.54, 1.807) is 11.8 Å². The second-order valence-corrected chi connectivity index (χ2v) is 8.40. The van der Waals surface area contributed by atoms with E-state index in [9.17, 15) is 13.2 Å². The average molecular weight is 307 g/mol. The molecule has 1 fully saturated rings. The van der Waals surface area contributed by atoms with Gasteiger partial charge in [-0.3, -0.25) is 0 Å². The minimum absolute atomic E-state index is 0.0330. The smallest absolute Gasteiger partial charge is 0.345 e. The maximum absolute atomic E-state index is 11.9. The highest BCUT2D eigenvalue weighted by molar-refractivity contribution is 8.00. The Kier molecular flexibility index (Phi) is 4.31. The van der Waals surface area contributed by atoms with Crippen molar-refractivity contribution in [3.8, 4) is 0 Å². The number of aromatic carboxylic acids is 1. The maximum atomic E-state index is 11.9. The van der Waals surface area contributed by atoms with Crippen molar-refractivity contribution in [3.05, 3.63) is 17.0 Å². The first-order chi connectivity index (χ1) is 8.49. The van der Waals surface area contributed by atoms with Crippen LogP contribution < -0.4 is 4.72 Å². The fraction of sp³-hybridized carbons (Fsp3) is 0.500. The lowest BCUT2D eigenvalue weighted by molar-refractivity contribution is 0.0702. The number of thiophene rings is 1. The highest BCUT2D eigenvalue weighted by atomic mass is 32.2. The molecule has 1 aliphatic heterocycles. The lowest BCUT2D eigenvalue weighted by Gasteiger charge is -2.09. The van der Waals surface area contributed by atoms with Crippen molar-refractivity contribution in [3.63, 3.8) is 0 Å². The molecule has 0 aromatic carbocycles. The lowest BCUT2D eigenvalue weighted by atomic mass is 10.2. The average Bonchev–Trinajstić information content (AvgIpc) is 2.98. The normalized spacial score (nSPS) is 20.1. The number of thioether (sulfide) groups is 1. The SMILES string of the molecule is O=C(O)c1ccc(S(=O)(=O)NCC2CCCS2)s1. The molecule has 0 amide bonds.